The molecule has 0 radical (unpaired) electrons. The number of hydrogen-bond acceptors (Lipinski definition) is 1. The van der Waals surface area contributed by atoms with Gasteiger partial charge >= 0.3 is 0 Å². The first-order valence-electron chi connectivity index (χ1n) is 23.2. The van der Waals surface area contributed by atoms with Gasteiger partial charge in [-0.3, -0.25) is 0 Å². The highest BCUT2D eigenvalue weighted by atomic mass is 32.1. The number of benzene rings is 12. The molecule has 0 spiro atoms. The van der Waals surface area contributed by atoms with Crippen molar-refractivity contribution in [2.24, 2.45) is 0 Å². The largest absolute Gasteiger partial charge is 0.135 e. The van der Waals surface area contributed by atoms with Gasteiger partial charge in [0.1, 0.15) is 0 Å². The van der Waals surface area contributed by atoms with Crippen molar-refractivity contribution in [2.45, 2.75) is 0 Å². The Hall–Kier alpha value is -8.36. The molecule has 14 rings (SSSR count). The molecular formula is C66H40S. The van der Waals surface area contributed by atoms with Crippen LogP contribution in [0.4, 0.5) is 0 Å². The fraction of sp³-hybridized carbons (Fsp3) is 0. The van der Waals surface area contributed by atoms with Crippen molar-refractivity contribution >= 4 is 63.8 Å². The van der Waals surface area contributed by atoms with Crippen LogP contribution in [0.2, 0.25) is 0 Å². The maximum absolute atomic E-state index is 2.46. The summed E-state index contributed by atoms with van der Waals surface area (Å²) in [5.41, 5.74) is 20.0. The summed E-state index contributed by atoms with van der Waals surface area (Å²) < 4.78 is 2.63. The van der Waals surface area contributed by atoms with E-state index < -0.39 is 0 Å². The summed E-state index contributed by atoms with van der Waals surface area (Å²) in [6.45, 7) is 0. The molecule has 1 heteroatoms. The summed E-state index contributed by atoms with van der Waals surface area (Å²) in [6.07, 6.45) is 0. The molecule has 0 aliphatic heterocycles. The molecule has 0 N–H and O–H groups in total. The average Bonchev–Trinajstić information content (AvgIpc) is 3.95. The van der Waals surface area contributed by atoms with Gasteiger partial charge in [-0.25, -0.2) is 0 Å². The third-order valence-electron chi connectivity index (χ3n) is 14.2. The van der Waals surface area contributed by atoms with Crippen molar-refractivity contribution in [1.29, 1.82) is 0 Å². The molecule has 0 bridgehead atoms. The molecule has 0 unspecified atom stereocenters. The second-order valence-corrected chi connectivity index (χ2v) is 18.9. The first-order chi connectivity index (χ1) is 33.3. The molecular weight excluding hydrogens is 825 g/mol. The SMILES string of the molecule is c1ccc(-c2ccc(-c3ccccc3)c3c(-c4ccccc4)c4c(c(-c5ccccc5)c23)-c2cccc3c(-c5cc(-c6ccc7ccccc7c6)cc6c5sc5ccccc56)ccc-4c23)cc1. The molecule has 12 aromatic carbocycles. The van der Waals surface area contributed by atoms with Crippen LogP contribution in [0.3, 0.4) is 0 Å². The summed E-state index contributed by atoms with van der Waals surface area (Å²) in [6, 6.07) is 90.4. The van der Waals surface area contributed by atoms with Crippen LogP contribution >= 0.6 is 11.3 Å². The quantitative estimate of drug-likeness (QED) is 0.156. The maximum Gasteiger partial charge on any atom is 0.0434 e. The molecule has 1 heterocycles. The summed E-state index contributed by atoms with van der Waals surface area (Å²) in [5, 5.41) is 10.2. The Morgan fingerprint density at radius 1 is 0.224 bits per heavy atom. The van der Waals surface area contributed by atoms with Crippen LogP contribution < -0.4 is 0 Å². The molecule has 13 aromatic rings. The van der Waals surface area contributed by atoms with E-state index >= 15 is 0 Å². The number of fused-ring (bicyclic) bond motifs is 8. The van der Waals surface area contributed by atoms with Crippen molar-refractivity contribution in [2.75, 3.05) is 0 Å². The number of thiophene rings is 1. The molecule has 1 aliphatic carbocycles. The summed E-state index contributed by atoms with van der Waals surface area (Å²) in [5.74, 6) is 0. The molecule has 310 valence electrons. The van der Waals surface area contributed by atoms with Gasteiger partial charge in [0.05, 0.1) is 0 Å². The third-order valence-corrected chi connectivity index (χ3v) is 15.4. The van der Waals surface area contributed by atoms with E-state index in [-0.39, 0.29) is 0 Å². The molecule has 0 amide bonds. The van der Waals surface area contributed by atoms with E-state index in [1.54, 1.807) is 0 Å². The molecule has 1 aromatic heterocycles. The lowest BCUT2D eigenvalue weighted by atomic mass is 9.78. The minimum Gasteiger partial charge on any atom is -0.135 e. The molecule has 0 nitrogen and oxygen atoms in total. The first-order valence-corrected chi connectivity index (χ1v) is 24.0. The monoisotopic (exact) mass is 864 g/mol. The van der Waals surface area contributed by atoms with Crippen LogP contribution in [0.5, 0.6) is 0 Å². The van der Waals surface area contributed by atoms with Gasteiger partial charge in [0.15, 0.2) is 0 Å². The van der Waals surface area contributed by atoms with Crippen LogP contribution in [0.25, 0.3) is 142 Å². The first kappa shape index (κ1) is 38.0. The average molecular weight is 865 g/mol. The smallest absolute Gasteiger partial charge is 0.0434 e. The zero-order valence-electron chi connectivity index (χ0n) is 36.5. The van der Waals surface area contributed by atoms with Crippen LogP contribution in [0, 0.1) is 0 Å². The molecule has 0 saturated carbocycles. The van der Waals surface area contributed by atoms with Crippen molar-refractivity contribution in [3.63, 3.8) is 0 Å². The second-order valence-electron chi connectivity index (χ2n) is 17.8. The summed E-state index contributed by atoms with van der Waals surface area (Å²) >= 11 is 1.91. The Bertz CT molecular complexity index is 3970. The van der Waals surface area contributed by atoms with Crippen LogP contribution in [-0.2, 0) is 0 Å². The minimum atomic E-state index is 1.21. The molecule has 67 heavy (non-hydrogen) atoms. The lowest BCUT2D eigenvalue weighted by Gasteiger charge is -2.25. The third kappa shape index (κ3) is 5.85. The van der Waals surface area contributed by atoms with E-state index in [9.17, 15) is 0 Å². The van der Waals surface area contributed by atoms with Crippen LogP contribution in [0.1, 0.15) is 0 Å². The van der Waals surface area contributed by atoms with E-state index in [0.717, 1.165) is 0 Å². The highest BCUT2D eigenvalue weighted by Crippen LogP contribution is 2.61. The van der Waals surface area contributed by atoms with E-state index in [1.165, 1.54) is 142 Å². The lowest BCUT2D eigenvalue weighted by Crippen LogP contribution is -1.97. The lowest BCUT2D eigenvalue weighted by molar-refractivity contribution is 1.59. The van der Waals surface area contributed by atoms with Gasteiger partial charge in [0, 0.05) is 25.7 Å². The maximum atomic E-state index is 2.46. The Kier molecular flexibility index (Phi) is 8.56. The highest BCUT2D eigenvalue weighted by molar-refractivity contribution is 7.26. The Balaban J connectivity index is 1.14. The van der Waals surface area contributed by atoms with Gasteiger partial charge in [-0.2, -0.15) is 0 Å². The van der Waals surface area contributed by atoms with E-state index in [1.807, 2.05) is 11.3 Å². The number of rotatable bonds is 6. The molecule has 1 aliphatic rings. The van der Waals surface area contributed by atoms with Gasteiger partial charge in [-0.1, -0.05) is 218 Å². The van der Waals surface area contributed by atoms with Crippen LogP contribution in [0.15, 0.2) is 243 Å². The Morgan fingerprint density at radius 2 is 0.731 bits per heavy atom. The van der Waals surface area contributed by atoms with E-state index in [2.05, 4.69) is 243 Å². The van der Waals surface area contributed by atoms with E-state index in [0.29, 0.717) is 0 Å². The normalized spacial score (nSPS) is 11.9. The van der Waals surface area contributed by atoms with E-state index in [4.69, 9.17) is 0 Å². The molecule has 0 fully saturated rings. The van der Waals surface area contributed by atoms with Crippen molar-refractivity contribution in [3.8, 4) is 89.0 Å². The fourth-order valence-corrected chi connectivity index (χ4v) is 12.5. The molecule has 0 saturated heterocycles. The van der Waals surface area contributed by atoms with Gasteiger partial charge in [0.25, 0.3) is 0 Å². The van der Waals surface area contributed by atoms with Gasteiger partial charge in [-0.05, 0) is 140 Å². The topological polar surface area (TPSA) is 0 Å². The number of hydrogen-bond donors (Lipinski definition) is 0. The van der Waals surface area contributed by atoms with Gasteiger partial charge in [0.2, 0.25) is 0 Å². The summed E-state index contributed by atoms with van der Waals surface area (Å²) in [7, 11) is 0. The standard InChI is InChI=1S/C66H40S/c1-5-19-42(20-6-1)49-34-35-50(43-21-7-2-8-22-43)63-60(45-25-11-4-12-26-45)65-55-37-36-51(53-29-17-30-54(61(53)55)64(65)59(62(49)63)44-23-9-3-10-24-44)56-39-48(47-33-32-41-18-13-14-27-46(41)38-47)40-57-52-28-15-16-31-58(52)67-66(56)57/h1-40H. The van der Waals surface area contributed by atoms with Gasteiger partial charge in [-0.15, -0.1) is 11.3 Å². The van der Waals surface area contributed by atoms with Gasteiger partial charge < -0.3 is 0 Å². The fourth-order valence-electron chi connectivity index (χ4n) is 11.3. The zero-order chi connectivity index (χ0) is 44.0. The van der Waals surface area contributed by atoms with Crippen molar-refractivity contribution in [3.05, 3.63) is 243 Å². The minimum absolute atomic E-state index is 1.21. The predicted octanol–water partition coefficient (Wildman–Crippen LogP) is 19.2. The van der Waals surface area contributed by atoms with Crippen molar-refractivity contribution in [1.82, 2.24) is 0 Å². The highest BCUT2D eigenvalue weighted by Gasteiger charge is 2.33. The molecule has 0 atom stereocenters. The summed E-state index contributed by atoms with van der Waals surface area (Å²) in [4.78, 5) is 0. The Labute approximate surface area is 393 Å². The second kappa shape index (κ2) is 15.1. The van der Waals surface area contributed by atoms with Crippen LogP contribution in [-0.4, -0.2) is 0 Å². The Morgan fingerprint density at radius 3 is 1.37 bits per heavy atom. The van der Waals surface area contributed by atoms with Crippen molar-refractivity contribution < 1.29 is 0 Å². The predicted molar refractivity (Wildman–Crippen MR) is 289 cm³/mol. The zero-order valence-corrected chi connectivity index (χ0v) is 37.3.